The van der Waals surface area contributed by atoms with Crippen molar-refractivity contribution in [3.8, 4) is 0 Å². The van der Waals surface area contributed by atoms with Crippen molar-refractivity contribution in [3.05, 3.63) is 0 Å². The Kier molecular flexibility index (Phi) is 5.28. The Morgan fingerprint density at radius 1 is 1.40 bits per heavy atom. The number of esters is 1. The first-order chi connectivity index (χ1) is 6.72. The molecule has 5 nitrogen and oxygen atoms in total. The molecular formula is C10H19NO4. The van der Waals surface area contributed by atoms with E-state index in [0.717, 1.165) is 0 Å². The molecule has 0 aliphatic carbocycles. The molecule has 88 valence electrons. The summed E-state index contributed by atoms with van der Waals surface area (Å²) in [5.41, 5.74) is 4.99. The van der Waals surface area contributed by atoms with Gasteiger partial charge in [0.2, 0.25) is 0 Å². The molecule has 0 radical (unpaired) electrons. The Bertz CT molecular complexity index is 232. The lowest BCUT2D eigenvalue weighted by Crippen LogP contribution is -2.37. The zero-order valence-electron chi connectivity index (χ0n) is 9.45. The third kappa shape index (κ3) is 7.93. The summed E-state index contributed by atoms with van der Waals surface area (Å²) in [6.07, 6.45) is 0.744. The van der Waals surface area contributed by atoms with Gasteiger partial charge >= 0.3 is 11.9 Å². The van der Waals surface area contributed by atoms with Crippen LogP contribution in [0.3, 0.4) is 0 Å². The van der Waals surface area contributed by atoms with Gasteiger partial charge in [-0.1, -0.05) is 0 Å². The van der Waals surface area contributed by atoms with Gasteiger partial charge in [0.15, 0.2) is 0 Å². The molecule has 1 atom stereocenters. The van der Waals surface area contributed by atoms with Gasteiger partial charge in [0.05, 0.1) is 0 Å². The summed E-state index contributed by atoms with van der Waals surface area (Å²) in [5.74, 6) is -1.36. The van der Waals surface area contributed by atoms with E-state index >= 15 is 0 Å². The van der Waals surface area contributed by atoms with Crippen molar-refractivity contribution < 1.29 is 19.4 Å². The molecule has 15 heavy (non-hydrogen) atoms. The Labute approximate surface area is 89.6 Å². The summed E-state index contributed by atoms with van der Waals surface area (Å²) in [6, 6.07) is -0.733. The van der Waals surface area contributed by atoms with Crippen LogP contribution in [0.4, 0.5) is 0 Å². The van der Waals surface area contributed by atoms with Crippen molar-refractivity contribution in [1.29, 1.82) is 0 Å². The van der Waals surface area contributed by atoms with E-state index in [9.17, 15) is 9.59 Å². The van der Waals surface area contributed by atoms with Crippen LogP contribution in [-0.2, 0) is 14.3 Å². The number of aliphatic carboxylic acids is 1. The summed E-state index contributed by atoms with van der Waals surface area (Å²) >= 11 is 0. The van der Waals surface area contributed by atoms with E-state index in [-0.39, 0.29) is 6.42 Å². The van der Waals surface area contributed by atoms with Gasteiger partial charge in [0.25, 0.3) is 0 Å². The average Bonchev–Trinajstić information content (AvgIpc) is 1.99. The van der Waals surface area contributed by atoms with Crippen LogP contribution in [0.15, 0.2) is 0 Å². The molecular weight excluding hydrogens is 198 g/mol. The fourth-order valence-electron chi connectivity index (χ4n) is 0.969. The lowest BCUT2D eigenvalue weighted by molar-refractivity contribution is -0.156. The van der Waals surface area contributed by atoms with Crippen LogP contribution in [0.25, 0.3) is 0 Å². The minimum Gasteiger partial charge on any atom is -0.481 e. The predicted octanol–water partition coefficient (Wildman–Crippen LogP) is 0.910. The lowest BCUT2D eigenvalue weighted by atomic mass is 10.1. The van der Waals surface area contributed by atoms with Crippen LogP contribution >= 0.6 is 0 Å². The van der Waals surface area contributed by atoms with Crippen LogP contribution < -0.4 is 5.73 Å². The van der Waals surface area contributed by atoms with Gasteiger partial charge in [-0.15, -0.1) is 0 Å². The molecule has 5 heteroatoms. The second-order valence-corrected chi connectivity index (χ2v) is 4.43. The van der Waals surface area contributed by atoms with Gasteiger partial charge in [-0.25, -0.2) is 0 Å². The van der Waals surface area contributed by atoms with Crippen molar-refractivity contribution in [2.75, 3.05) is 0 Å². The first-order valence-electron chi connectivity index (χ1n) is 4.92. The SMILES string of the molecule is CC(C)(C)OC(=O)[C@@H](N)CCCC(=O)O. The first-order valence-corrected chi connectivity index (χ1v) is 4.92. The smallest absolute Gasteiger partial charge is 0.323 e. The fourth-order valence-corrected chi connectivity index (χ4v) is 0.969. The number of carboxylic acids is 1. The largest absolute Gasteiger partial charge is 0.481 e. The summed E-state index contributed by atoms with van der Waals surface area (Å²) in [6.45, 7) is 5.28. The van der Waals surface area contributed by atoms with E-state index < -0.39 is 23.6 Å². The fraction of sp³-hybridized carbons (Fsp3) is 0.800. The maximum absolute atomic E-state index is 11.3. The number of hydrogen-bond donors (Lipinski definition) is 2. The summed E-state index contributed by atoms with van der Waals surface area (Å²) in [4.78, 5) is 21.6. The standard InChI is InChI=1S/C10H19NO4/c1-10(2,3)15-9(14)7(11)5-4-6-8(12)13/h7H,4-6,11H2,1-3H3,(H,12,13)/t7-/m0/s1. The molecule has 0 saturated heterocycles. The third-order valence-corrected chi connectivity index (χ3v) is 1.62. The number of carbonyl (C=O) groups is 2. The Balaban J connectivity index is 3.85. The molecule has 0 fully saturated rings. The summed E-state index contributed by atoms with van der Waals surface area (Å²) in [5, 5.41) is 8.39. The number of rotatable bonds is 5. The van der Waals surface area contributed by atoms with Crippen molar-refractivity contribution in [1.82, 2.24) is 0 Å². The lowest BCUT2D eigenvalue weighted by Gasteiger charge is -2.22. The maximum atomic E-state index is 11.3. The van der Waals surface area contributed by atoms with Crippen molar-refractivity contribution in [2.24, 2.45) is 5.73 Å². The highest BCUT2D eigenvalue weighted by Gasteiger charge is 2.21. The number of nitrogens with two attached hydrogens (primary N) is 1. The topological polar surface area (TPSA) is 89.6 Å². The Hall–Kier alpha value is -1.10. The molecule has 0 aromatic rings. The van der Waals surface area contributed by atoms with E-state index in [1.807, 2.05) is 0 Å². The Morgan fingerprint density at radius 2 is 1.93 bits per heavy atom. The van der Waals surface area contributed by atoms with Gasteiger partial charge in [-0.05, 0) is 33.6 Å². The molecule has 0 spiro atoms. The number of hydrogen-bond acceptors (Lipinski definition) is 4. The highest BCUT2D eigenvalue weighted by atomic mass is 16.6. The molecule has 0 aromatic carbocycles. The molecule has 3 N–H and O–H groups in total. The van der Waals surface area contributed by atoms with E-state index in [1.54, 1.807) is 20.8 Å². The molecule has 0 bridgehead atoms. The molecule has 0 rings (SSSR count). The second kappa shape index (κ2) is 5.70. The highest BCUT2D eigenvalue weighted by Crippen LogP contribution is 2.10. The van der Waals surface area contributed by atoms with Crippen LogP contribution in [0.2, 0.25) is 0 Å². The average molecular weight is 217 g/mol. The second-order valence-electron chi connectivity index (χ2n) is 4.43. The van der Waals surface area contributed by atoms with Gasteiger partial charge in [-0.3, -0.25) is 9.59 Å². The van der Waals surface area contributed by atoms with Gasteiger partial charge in [-0.2, -0.15) is 0 Å². The number of ether oxygens (including phenoxy) is 1. The first kappa shape index (κ1) is 13.9. The van der Waals surface area contributed by atoms with Crippen LogP contribution in [0.1, 0.15) is 40.0 Å². The molecule has 0 aliphatic rings. The quantitative estimate of drug-likeness (QED) is 0.668. The highest BCUT2D eigenvalue weighted by molar-refractivity contribution is 5.76. The molecule has 0 aliphatic heterocycles. The Morgan fingerprint density at radius 3 is 2.33 bits per heavy atom. The van der Waals surface area contributed by atoms with Crippen LogP contribution in [0.5, 0.6) is 0 Å². The van der Waals surface area contributed by atoms with Crippen molar-refractivity contribution in [2.45, 2.75) is 51.7 Å². The maximum Gasteiger partial charge on any atom is 0.323 e. The van der Waals surface area contributed by atoms with Crippen molar-refractivity contribution >= 4 is 11.9 Å². The van der Waals surface area contributed by atoms with Crippen LogP contribution in [-0.4, -0.2) is 28.7 Å². The zero-order valence-corrected chi connectivity index (χ0v) is 9.45. The van der Waals surface area contributed by atoms with E-state index in [1.165, 1.54) is 0 Å². The summed E-state index contributed by atoms with van der Waals surface area (Å²) in [7, 11) is 0. The van der Waals surface area contributed by atoms with Gasteiger partial charge in [0, 0.05) is 6.42 Å². The molecule has 0 saturated carbocycles. The minimum absolute atomic E-state index is 0.0243. The third-order valence-electron chi connectivity index (χ3n) is 1.62. The molecule has 0 unspecified atom stereocenters. The molecule has 0 heterocycles. The zero-order chi connectivity index (χ0) is 12.1. The van der Waals surface area contributed by atoms with Crippen molar-refractivity contribution in [3.63, 3.8) is 0 Å². The van der Waals surface area contributed by atoms with E-state index in [2.05, 4.69) is 0 Å². The minimum atomic E-state index is -0.883. The predicted molar refractivity (Wildman–Crippen MR) is 55.3 cm³/mol. The van der Waals surface area contributed by atoms with Gasteiger partial charge in [0.1, 0.15) is 11.6 Å². The normalized spacial score (nSPS) is 13.3. The number of carbonyl (C=O) groups excluding carboxylic acids is 1. The van der Waals surface area contributed by atoms with E-state index in [0.29, 0.717) is 12.8 Å². The number of carboxylic acid groups (broad SMARTS) is 1. The van der Waals surface area contributed by atoms with Crippen LogP contribution in [0, 0.1) is 0 Å². The molecule has 0 amide bonds. The van der Waals surface area contributed by atoms with Gasteiger partial charge < -0.3 is 15.6 Å². The summed E-state index contributed by atoms with van der Waals surface area (Å²) < 4.78 is 5.05. The van der Waals surface area contributed by atoms with E-state index in [4.69, 9.17) is 15.6 Å². The monoisotopic (exact) mass is 217 g/mol. The molecule has 0 aromatic heterocycles.